The third-order valence-electron chi connectivity index (χ3n) is 4.00. The van der Waals surface area contributed by atoms with Gasteiger partial charge in [0.1, 0.15) is 17.1 Å². The number of hydrogen-bond acceptors (Lipinski definition) is 3. The van der Waals surface area contributed by atoms with E-state index in [2.05, 4.69) is 43.4 Å². The molecule has 0 aliphatic carbocycles. The lowest BCUT2D eigenvalue weighted by Gasteiger charge is -2.13. The molecule has 0 atom stereocenters. The van der Waals surface area contributed by atoms with Crippen LogP contribution in [0.5, 0.6) is 11.5 Å². The second-order valence-corrected chi connectivity index (χ2v) is 5.94. The van der Waals surface area contributed by atoms with E-state index >= 15 is 0 Å². The van der Waals surface area contributed by atoms with Gasteiger partial charge in [0.2, 0.25) is 0 Å². The zero-order chi connectivity index (χ0) is 17.5. The van der Waals surface area contributed by atoms with Crippen molar-refractivity contribution in [1.82, 2.24) is 5.32 Å². The number of hydrogen-bond donors (Lipinski definition) is 1. The van der Waals surface area contributed by atoms with Gasteiger partial charge in [-0.3, -0.25) is 4.79 Å². The van der Waals surface area contributed by atoms with E-state index in [-0.39, 0.29) is 5.91 Å². The van der Waals surface area contributed by atoms with Crippen LogP contribution in [-0.4, -0.2) is 26.7 Å². The summed E-state index contributed by atoms with van der Waals surface area (Å²) in [5.41, 5.74) is 2.95. The first-order valence-corrected chi connectivity index (χ1v) is 8.14. The highest BCUT2D eigenvalue weighted by molar-refractivity contribution is 5.99. The average molecular weight is 327 g/mol. The van der Waals surface area contributed by atoms with Crippen LogP contribution in [0.15, 0.2) is 42.5 Å². The second kappa shape index (κ2) is 8.39. The summed E-state index contributed by atoms with van der Waals surface area (Å²) in [6.07, 6.45) is 0.779. The molecule has 0 aliphatic heterocycles. The molecule has 4 nitrogen and oxygen atoms in total. The molecule has 1 amide bonds. The standard InChI is InChI=1S/C20H25NO3/c1-14(2)16-10-8-15(9-11-16)12-13-21-20(22)19-17(23-3)6-5-7-18(19)24-4/h5-11,14H,12-13H2,1-4H3,(H,21,22). The summed E-state index contributed by atoms with van der Waals surface area (Å²) in [6.45, 7) is 4.91. The summed E-state index contributed by atoms with van der Waals surface area (Å²) in [6, 6.07) is 13.8. The fourth-order valence-electron chi connectivity index (χ4n) is 2.55. The predicted octanol–water partition coefficient (Wildman–Crippen LogP) is 3.80. The van der Waals surface area contributed by atoms with Crippen LogP contribution >= 0.6 is 0 Å². The van der Waals surface area contributed by atoms with Gasteiger partial charge in [-0.25, -0.2) is 0 Å². The van der Waals surface area contributed by atoms with Crippen LogP contribution in [-0.2, 0) is 6.42 Å². The molecule has 2 rings (SSSR count). The predicted molar refractivity (Wildman–Crippen MR) is 96.1 cm³/mol. The van der Waals surface area contributed by atoms with Gasteiger partial charge in [-0.15, -0.1) is 0 Å². The molecule has 0 heterocycles. The molecule has 0 aromatic heterocycles. The van der Waals surface area contributed by atoms with E-state index in [1.54, 1.807) is 32.4 Å². The van der Waals surface area contributed by atoms with Crippen LogP contribution in [0.4, 0.5) is 0 Å². The zero-order valence-corrected chi connectivity index (χ0v) is 14.8. The Labute approximate surface area is 143 Å². The summed E-state index contributed by atoms with van der Waals surface area (Å²) in [4.78, 5) is 12.5. The molecule has 4 heteroatoms. The minimum Gasteiger partial charge on any atom is -0.496 e. The molecule has 2 aromatic rings. The Bertz CT molecular complexity index is 656. The molecule has 1 N–H and O–H groups in total. The van der Waals surface area contributed by atoms with Crippen molar-refractivity contribution in [2.24, 2.45) is 0 Å². The van der Waals surface area contributed by atoms with Gasteiger partial charge in [0, 0.05) is 6.54 Å². The molecule has 24 heavy (non-hydrogen) atoms. The minimum absolute atomic E-state index is 0.192. The van der Waals surface area contributed by atoms with E-state index in [1.807, 2.05) is 0 Å². The molecule has 0 fully saturated rings. The van der Waals surface area contributed by atoms with Gasteiger partial charge in [0.15, 0.2) is 0 Å². The molecule has 0 aliphatic rings. The maximum atomic E-state index is 12.5. The Kier molecular flexibility index (Phi) is 6.24. The van der Waals surface area contributed by atoms with Crippen molar-refractivity contribution in [3.05, 3.63) is 59.2 Å². The molecule has 0 bridgehead atoms. The van der Waals surface area contributed by atoms with Crippen molar-refractivity contribution < 1.29 is 14.3 Å². The number of ether oxygens (including phenoxy) is 2. The highest BCUT2D eigenvalue weighted by atomic mass is 16.5. The SMILES string of the molecule is COc1cccc(OC)c1C(=O)NCCc1ccc(C(C)C)cc1. The van der Waals surface area contributed by atoms with Gasteiger partial charge in [-0.1, -0.05) is 44.2 Å². The topological polar surface area (TPSA) is 47.6 Å². The number of carbonyl (C=O) groups excluding carboxylic acids is 1. The summed E-state index contributed by atoms with van der Waals surface area (Å²) in [7, 11) is 3.09. The molecule has 0 saturated heterocycles. The Balaban J connectivity index is 1.98. The quantitative estimate of drug-likeness (QED) is 0.841. The minimum atomic E-state index is -0.192. The monoisotopic (exact) mass is 327 g/mol. The maximum Gasteiger partial charge on any atom is 0.258 e. The Hall–Kier alpha value is -2.49. The fourth-order valence-corrected chi connectivity index (χ4v) is 2.55. The first-order chi connectivity index (χ1) is 11.6. The van der Waals surface area contributed by atoms with Crippen molar-refractivity contribution in [2.75, 3.05) is 20.8 Å². The molecule has 0 spiro atoms. The van der Waals surface area contributed by atoms with Crippen molar-refractivity contribution >= 4 is 5.91 Å². The number of methoxy groups -OCH3 is 2. The highest BCUT2D eigenvalue weighted by Gasteiger charge is 2.17. The first-order valence-electron chi connectivity index (χ1n) is 8.14. The molecule has 0 radical (unpaired) electrons. The lowest BCUT2D eigenvalue weighted by molar-refractivity contribution is 0.0948. The molecule has 128 valence electrons. The smallest absolute Gasteiger partial charge is 0.258 e. The van der Waals surface area contributed by atoms with Crippen LogP contribution in [0.2, 0.25) is 0 Å². The summed E-state index contributed by atoms with van der Waals surface area (Å²) in [5, 5.41) is 2.94. The summed E-state index contributed by atoms with van der Waals surface area (Å²) < 4.78 is 10.5. The Morgan fingerprint density at radius 2 is 1.58 bits per heavy atom. The van der Waals surface area contributed by atoms with Gasteiger partial charge < -0.3 is 14.8 Å². The lowest BCUT2D eigenvalue weighted by Crippen LogP contribution is -2.26. The van der Waals surface area contributed by atoms with Crippen LogP contribution in [0.1, 0.15) is 41.3 Å². The maximum absolute atomic E-state index is 12.5. The van der Waals surface area contributed by atoms with Crippen molar-refractivity contribution in [3.63, 3.8) is 0 Å². The van der Waals surface area contributed by atoms with Crippen molar-refractivity contribution in [2.45, 2.75) is 26.2 Å². The van der Waals surface area contributed by atoms with E-state index in [1.165, 1.54) is 11.1 Å². The van der Waals surface area contributed by atoms with Gasteiger partial charge in [-0.2, -0.15) is 0 Å². The molecule has 0 saturated carbocycles. The summed E-state index contributed by atoms with van der Waals surface area (Å²) in [5.74, 6) is 1.35. The van der Waals surface area contributed by atoms with Crippen molar-refractivity contribution in [1.29, 1.82) is 0 Å². The molecule has 2 aromatic carbocycles. The fraction of sp³-hybridized carbons (Fsp3) is 0.350. The van der Waals surface area contributed by atoms with Gasteiger partial charge >= 0.3 is 0 Å². The number of nitrogens with one attached hydrogen (secondary N) is 1. The Morgan fingerprint density at radius 3 is 2.08 bits per heavy atom. The van der Waals surface area contributed by atoms with Crippen LogP contribution in [0.3, 0.4) is 0 Å². The van der Waals surface area contributed by atoms with E-state index in [4.69, 9.17) is 9.47 Å². The zero-order valence-electron chi connectivity index (χ0n) is 14.8. The second-order valence-electron chi connectivity index (χ2n) is 5.94. The molecule has 0 unspecified atom stereocenters. The number of benzene rings is 2. The average Bonchev–Trinajstić information content (AvgIpc) is 2.61. The van der Waals surface area contributed by atoms with E-state index < -0.39 is 0 Å². The third-order valence-corrected chi connectivity index (χ3v) is 4.00. The van der Waals surface area contributed by atoms with Crippen LogP contribution in [0, 0.1) is 0 Å². The van der Waals surface area contributed by atoms with Crippen LogP contribution < -0.4 is 14.8 Å². The van der Waals surface area contributed by atoms with Gasteiger partial charge in [-0.05, 0) is 35.6 Å². The largest absolute Gasteiger partial charge is 0.496 e. The number of carbonyl (C=O) groups is 1. The van der Waals surface area contributed by atoms with Crippen molar-refractivity contribution in [3.8, 4) is 11.5 Å². The van der Waals surface area contributed by atoms with Gasteiger partial charge in [0.05, 0.1) is 14.2 Å². The molecular formula is C20H25NO3. The van der Waals surface area contributed by atoms with E-state index in [0.29, 0.717) is 29.5 Å². The van der Waals surface area contributed by atoms with Crippen LogP contribution in [0.25, 0.3) is 0 Å². The lowest BCUT2D eigenvalue weighted by atomic mass is 10.0. The Morgan fingerprint density at radius 1 is 1.00 bits per heavy atom. The summed E-state index contributed by atoms with van der Waals surface area (Å²) >= 11 is 0. The number of amides is 1. The van der Waals surface area contributed by atoms with Gasteiger partial charge in [0.25, 0.3) is 5.91 Å². The van der Waals surface area contributed by atoms with E-state index in [9.17, 15) is 4.79 Å². The number of rotatable bonds is 7. The molecular weight excluding hydrogens is 302 g/mol. The van der Waals surface area contributed by atoms with E-state index in [0.717, 1.165) is 6.42 Å². The normalized spacial score (nSPS) is 10.5. The highest BCUT2D eigenvalue weighted by Crippen LogP contribution is 2.27. The third kappa shape index (κ3) is 4.28. The first kappa shape index (κ1) is 17.9.